The second-order valence-electron chi connectivity index (χ2n) is 6.27. The molecule has 4 heteroatoms. The summed E-state index contributed by atoms with van der Waals surface area (Å²) in [5, 5.41) is 10.8. The zero-order valence-electron chi connectivity index (χ0n) is 11.3. The smallest absolute Gasteiger partial charge is 0.385 e. The SMILES string of the molecule is OC1(c2ccccc2C(F)(F)F)CCCC(C2CC2)C1. The van der Waals surface area contributed by atoms with Gasteiger partial charge in [0, 0.05) is 0 Å². The molecular weight excluding hydrogens is 265 g/mol. The summed E-state index contributed by atoms with van der Waals surface area (Å²) in [6.45, 7) is 0. The van der Waals surface area contributed by atoms with Crippen molar-refractivity contribution >= 4 is 0 Å². The third kappa shape index (κ3) is 2.58. The molecule has 0 radical (unpaired) electrons. The van der Waals surface area contributed by atoms with E-state index in [1.54, 1.807) is 6.07 Å². The highest BCUT2D eigenvalue weighted by molar-refractivity contribution is 5.35. The topological polar surface area (TPSA) is 20.2 Å². The number of rotatable bonds is 2. The summed E-state index contributed by atoms with van der Waals surface area (Å²) in [5.41, 5.74) is -1.92. The summed E-state index contributed by atoms with van der Waals surface area (Å²) >= 11 is 0. The standard InChI is InChI=1S/C16H19F3O/c17-16(18,19)14-6-2-1-5-13(14)15(20)9-3-4-12(10-15)11-7-8-11/h1-2,5-6,11-12,20H,3-4,7-10H2. The summed E-state index contributed by atoms with van der Waals surface area (Å²) in [4.78, 5) is 0. The van der Waals surface area contributed by atoms with E-state index >= 15 is 0 Å². The van der Waals surface area contributed by atoms with Crippen LogP contribution in [0.5, 0.6) is 0 Å². The minimum atomic E-state index is -4.40. The maximum Gasteiger partial charge on any atom is 0.416 e. The number of hydrogen-bond acceptors (Lipinski definition) is 1. The van der Waals surface area contributed by atoms with E-state index in [0.29, 0.717) is 24.7 Å². The molecule has 2 fully saturated rings. The number of aliphatic hydroxyl groups is 1. The fraction of sp³-hybridized carbons (Fsp3) is 0.625. The van der Waals surface area contributed by atoms with E-state index < -0.39 is 17.3 Å². The molecule has 0 aliphatic heterocycles. The van der Waals surface area contributed by atoms with Crippen LogP contribution in [0.4, 0.5) is 13.2 Å². The van der Waals surface area contributed by atoms with Crippen LogP contribution in [0, 0.1) is 11.8 Å². The van der Waals surface area contributed by atoms with Crippen LogP contribution in [0.2, 0.25) is 0 Å². The molecule has 3 rings (SSSR count). The zero-order chi connectivity index (χ0) is 14.4. The van der Waals surface area contributed by atoms with Gasteiger partial charge in [0.15, 0.2) is 0 Å². The number of benzene rings is 1. The molecule has 0 aromatic heterocycles. The average Bonchev–Trinajstić information content (AvgIpc) is 3.22. The second kappa shape index (κ2) is 4.76. The normalized spacial score (nSPS) is 31.3. The molecule has 2 unspecified atom stereocenters. The highest BCUT2D eigenvalue weighted by atomic mass is 19.4. The van der Waals surface area contributed by atoms with E-state index in [9.17, 15) is 18.3 Å². The molecule has 2 saturated carbocycles. The molecule has 1 aromatic rings. The van der Waals surface area contributed by atoms with E-state index in [4.69, 9.17) is 0 Å². The Kier molecular flexibility index (Phi) is 3.32. The van der Waals surface area contributed by atoms with Crippen molar-refractivity contribution in [2.75, 3.05) is 0 Å². The molecule has 1 nitrogen and oxygen atoms in total. The van der Waals surface area contributed by atoms with E-state index in [1.807, 2.05) is 0 Å². The fourth-order valence-corrected chi connectivity index (χ4v) is 3.65. The zero-order valence-corrected chi connectivity index (χ0v) is 11.3. The van der Waals surface area contributed by atoms with Crippen molar-refractivity contribution in [2.24, 2.45) is 11.8 Å². The van der Waals surface area contributed by atoms with E-state index in [-0.39, 0.29) is 5.56 Å². The van der Waals surface area contributed by atoms with Gasteiger partial charge in [0.25, 0.3) is 0 Å². The fourth-order valence-electron chi connectivity index (χ4n) is 3.65. The molecule has 0 spiro atoms. The number of hydrogen-bond donors (Lipinski definition) is 1. The van der Waals surface area contributed by atoms with Gasteiger partial charge >= 0.3 is 6.18 Å². The van der Waals surface area contributed by atoms with Crippen LogP contribution in [0.25, 0.3) is 0 Å². The van der Waals surface area contributed by atoms with Crippen LogP contribution >= 0.6 is 0 Å². The first kappa shape index (κ1) is 13.9. The van der Waals surface area contributed by atoms with Gasteiger partial charge in [-0.05, 0) is 62.0 Å². The highest BCUT2D eigenvalue weighted by Crippen LogP contribution is 2.51. The Morgan fingerprint density at radius 1 is 1.05 bits per heavy atom. The average molecular weight is 284 g/mol. The van der Waals surface area contributed by atoms with Crippen molar-refractivity contribution in [1.29, 1.82) is 0 Å². The lowest BCUT2D eigenvalue weighted by atomic mass is 9.71. The van der Waals surface area contributed by atoms with Gasteiger partial charge < -0.3 is 5.11 Å². The van der Waals surface area contributed by atoms with E-state index in [2.05, 4.69) is 0 Å². The van der Waals surface area contributed by atoms with Crippen LogP contribution in [0.1, 0.15) is 49.7 Å². The molecule has 0 heterocycles. The van der Waals surface area contributed by atoms with Gasteiger partial charge in [-0.25, -0.2) is 0 Å². The first-order chi connectivity index (χ1) is 9.40. The quantitative estimate of drug-likeness (QED) is 0.848. The lowest BCUT2D eigenvalue weighted by Crippen LogP contribution is -2.35. The first-order valence-electron chi connectivity index (χ1n) is 7.29. The Morgan fingerprint density at radius 2 is 1.75 bits per heavy atom. The van der Waals surface area contributed by atoms with Crippen molar-refractivity contribution < 1.29 is 18.3 Å². The second-order valence-corrected chi connectivity index (χ2v) is 6.27. The molecule has 2 aliphatic carbocycles. The predicted molar refractivity (Wildman–Crippen MR) is 70.0 cm³/mol. The first-order valence-corrected chi connectivity index (χ1v) is 7.29. The van der Waals surface area contributed by atoms with Crippen LogP contribution in [0.3, 0.4) is 0 Å². The molecule has 0 amide bonds. The molecular formula is C16H19F3O. The third-order valence-corrected chi connectivity index (χ3v) is 4.79. The summed E-state index contributed by atoms with van der Waals surface area (Å²) in [7, 11) is 0. The Bertz CT molecular complexity index is 493. The van der Waals surface area contributed by atoms with E-state index in [0.717, 1.165) is 18.9 Å². The molecule has 2 atom stereocenters. The van der Waals surface area contributed by atoms with Crippen LogP contribution < -0.4 is 0 Å². The largest absolute Gasteiger partial charge is 0.416 e. The number of halogens is 3. The summed E-state index contributed by atoms with van der Waals surface area (Å²) in [6.07, 6.45) is 0.696. The van der Waals surface area contributed by atoms with Gasteiger partial charge in [0.2, 0.25) is 0 Å². The Labute approximate surface area is 116 Å². The maximum atomic E-state index is 13.1. The monoisotopic (exact) mass is 284 g/mol. The Balaban J connectivity index is 1.94. The third-order valence-electron chi connectivity index (χ3n) is 4.79. The van der Waals surface area contributed by atoms with Gasteiger partial charge in [-0.15, -0.1) is 0 Å². The molecule has 1 N–H and O–H groups in total. The summed E-state index contributed by atoms with van der Waals surface area (Å²) < 4.78 is 39.4. The van der Waals surface area contributed by atoms with Crippen LogP contribution in [-0.2, 0) is 11.8 Å². The molecule has 0 bridgehead atoms. The van der Waals surface area contributed by atoms with Gasteiger partial charge in [-0.1, -0.05) is 18.2 Å². The van der Waals surface area contributed by atoms with Gasteiger partial charge in [0.1, 0.15) is 0 Å². The van der Waals surface area contributed by atoms with E-state index in [1.165, 1.54) is 25.0 Å². The maximum absolute atomic E-state index is 13.1. The van der Waals surface area contributed by atoms with Gasteiger partial charge in [0.05, 0.1) is 11.2 Å². The predicted octanol–water partition coefficient (Wildman–Crippen LogP) is 4.49. The highest BCUT2D eigenvalue weighted by Gasteiger charge is 2.45. The van der Waals surface area contributed by atoms with Crippen LogP contribution in [0.15, 0.2) is 24.3 Å². The van der Waals surface area contributed by atoms with Crippen LogP contribution in [-0.4, -0.2) is 5.11 Å². The van der Waals surface area contributed by atoms with Crippen molar-refractivity contribution in [1.82, 2.24) is 0 Å². The lowest BCUT2D eigenvalue weighted by molar-refractivity contribution is -0.142. The molecule has 1 aromatic carbocycles. The lowest BCUT2D eigenvalue weighted by Gasteiger charge is -2.38. The number of alkyl halides is 3. The molecule has 0 saturated heterocycles. The summed E-state index contributed by atoms with van der Waals surface area (Å²) in [6, 6.07) is 5.49. The summed E-state index contributed by atoms with van der Waals surface area (Å²) in [5.74, 6) is 1.01. The van der Waals surface area contributed by atoms with Gasteiger partial charge in [-0.2, -0.15) is 13.2 Å². The van der Waals surface area contributed by atoms with Gasteiger partial charge in [-0.3, -0.25) is 0 Å². The molecule has 110 valence electrons. The molecule has 2 aliphatic rings. The van der Waals surface area contributed by atoms with Crippen molar-refractivity contribution in [3.63, 3.8) is 0 Å². The minimum Gasteiger partial charge on any atom is -0.385 e. The van der Waals surface area contributed by atoms with Crippen molar-refractivity contribution in [3.05, 3.63) is 35.4 Å². The van der Waals surface area contributed by atoms with Crippen molar-refractivity contribution in [3.8, 4) is 0 Å². The Morgan fingerprint density at radius 3 is 2.40 bits per heavy atom. The van der Waals surface area contributed by atoms with Crippen molar-refractivity contribution in [2.45, 2.75) is 50.3 Å². The molecule has 20 heavy (non-hydrogen) atoms. The Hall–Kier alpha value is -1.03. The minimum absolute atomic E-state index is 0.0675.